The monoisotopic (exact) mass is 348 g/mol. The molecule has 0 spiro atoms. The SMILES string of the molecule is CC1=[N+](C)c2ccc([N+](=O)[O-])cc2C1(C)C.[IH2+]. The second-order valence-electron chi connectivity index (χ2n) is 4.73. The molecule has 0 bridgehead atoms. The maximum absolute atomic E-state index is 10.8. The van der Waals surface area contributed by atoms with Crippen molar-refractivity contribution in [2.24, 2.45) is 0 Å². The van der Waals surface area contributed by atoms with Crippen LogP contribution >= 0.6 is 0 Å². The van der Waals surface area contributed by atoms with Crippen molar-refractivity contribution in [3.8, 4) is 0 Å². The maximum Gasteiger partial charge on any atom is 0.270 e. The highest BCUT2D eigenvalue weighted by Gasteiger charge is 2.42. The van der Waals surface area contributed by atoms with Gasteiger partial charge in [-0.3, -0.25) is 10.1 Å². The zero-order valence-electron chi connectivity index (χ0n) is 10.4. The third-order valence-corrected chi connectivity index (χ3v) is 3.63. The molecule has 0 unspecified atom stereocenters. The van der Waals surface area contributed by atoms with E-state index in [0.29, 0.717) is 0 Å². The van der Waals surface area contributed by atoms with E-state index >= 15 is 0 Å². The Kier molecular flexibility index (Phi) is 3.61. The summed E-state index contributed by atoms with van der Waals surface area (Å²) in [7, 11) is 1.99. The third kappa shape index (κ3) is 1.96. The van der Waals surface area contributed by atoms with Crippen LogP contribution in [-0.2, 0) is 5.41 Å². The molecule has 5 heteroatoms. The molecule has 2 rings (SSSR count). The van der Waals surface area contributed by atoms with E-state index in [1.165, 1.54) is 5.71 Å². The van der Waals surface area contributed by atoms with Crippen molar-refractivity contribution >= 4 is 17.1 Å². The summed E-state index contributed by atoms with van der Waals surface area (Å²) in [4.78, 5) is 10.4. The number of nitro benzene ring substituents is 1. The van der Waals surface area contributed by atoms with Gasteiger partial charge in [0.15, 0.2) is 5.71 Å². The van der Waals surface area contributed by atoms with Crippen molar-refractivity contribution in [1.82, 2.24) is 0 Å². The van der Waals surface area contributed by atoms with Crippen molar-refractivity contribution < 1.29 is 33.5 Å². The van der Waals surface area contributed by atoms with Gasteiger partial charge in [-0.05, 0) is 13.8 Å². The number of nitrogens with zero attached hydrogens (tertiary/aromatic N) is 2. The lowest BCUT2D eigenvalue weighted by Crippen LogP contribution is -3.00. The van der Waals surface area contributed by atoms with Gasteiger partial charge in [-0.15, -0.1) is 0 Å². The molecule has 0 aliphatic carbocycles. The number of hydrogen-bond acceptors (Lipinski definition) is 2. The largest absolute Gasteiger partial charge is 0.270 e. The molecular formula is C12H17IN2O2+2. The van der Waals surface area contributed by atoms with Crippen LogP contribution in [-0.4, -0.2) is 22.3 Å². The Morgan fingerprint density at radius 3 is 2.47 bits per heavy atom. The maximum atomic E-state index is 10.8. The molecule has 0 atom stereocenters. The molecule has 0 N–H and O–H groups in total. The fraction of sp³-hybridized carbons (Fsp3) is 0.417. The normalized spacial score (nSPS) is 16.5. The molecule has 0 aromatic heterocycles. The molecule has 4 nitrogen and oxygen atoms in total. The standard InChI is InChI=1S/C12H15N2O2.H2I/c1-8-12(2,3)10-7-9(14(15)16)5-6-11(10)13(8)4;/h5-7H,1-4H3;1H2/q2*+1. The average molecular weight is 348 g/mol. The van der Waals surface area contributed by atoms with Crippen molar-refractivity contribution in [3.63, 3.8) is 0 Å². The Hall–Kier alpha value is -0.980. The number of non-ortho nitro benzene ring substituents is 1. The number of fused-ring (bicyclic) bond motifs is 1. The van der Waals surface area contributed by atoms with Crippen LogP contribution in [0.15, 0.2) is 18.2 Å². The molecule has 0 radical (unpaired) electrons. The molecule has 0 fully saturated rings. The first-order valence-electron chi connectivity index (χ1n) is 5.22. The van der Waals surface area contributed by atoms with Gasteiger partial charge < -0.3 is 0 Å². The summed E-state index contributed by atoms with van der Waals surface area (Å²) in [6.07, 6.45) is 0. The van der Waals surface area contributed by atoms with Crippen LogP contribution in [0.1, 0.15) is 26.3 Å². The predicted molar refractivity (Wildman–Crippen MR) is 65.4 cm³/mol. The summed E-state index contributed by atoms with van der Waals surface area (Å²) in [6.45, 7) is 6.24. The van der Waals surface area contributed by atoms with E-state index in [1.807, 2.05) is 13.1 Å². The van der Waals surface area contributed by atoms with Crippen molar-refractivity contribution in [3.05, 3.63) is 33.9 Å². The molecule has 0 saturated heterocycles. The number of halogens is 1. The summed E-state index contributed by atoms with van der Waals surface area (Å²) in [6, 6.07) is 5.07. The zero-order chi connectivity index (χ0) is 12.1. The molecule has 1 aromatic rings. The van der Waals surface area contributed by atoms with E-state index in [-0.39, 0.29) is 40.0 Å². The van der Waals surface area contributed by atoms with Crippen LogP contribution in [0.2, 0.25) is 0 Å². The topological polar surface area (TPSA) is 46.1 Å². The molecule has 0 saturated carbocycles. The first-order valence-corrected chi connectivity index (χ1v) is 5.22. The lowest BCUT2D eigenvalue weighted by atomic mass is 9.82. The highest BCUT2D eigenvalue weighted by atomic mass is 127. The second kappa shape index (κ2) is 4.36. The van der Waals surface area contributed by atoms with Crippen LogP contribution in [0.4, 0.5) is 11.4 Å². The van der Waals surface area contributed by atoms with E-state index in [2.05, 4.69) is 25.3 Å². The van der Waals surface area contributed by atoms with Crippen LogP contribution in [0.25, 0.3) is 0 Å². The Morgan fingerprint density at radius 2 is 1.94 bits per heavy atom. The first-order chi connectivity index (χ1) is 7.35. The number of benzene rings is 1. The summed E-state index contributed by atoms with van der Waals surface area (Å²) in [5.74, 6) is 0. The van der Waals surface area contributed by atoms with E-state index < -0.39 is 0 Å². The van der Waals surface area contributed by atoms with Gasteiger partial charge in [-0.25, -0.2) is 4.58 Å². The van der Waals surface area contributed by atoms with Gasteiger partial charge in [0.05, 0.1) is 10.3 Å². The summed E-state index contributed by atoms with van der Waals surface area (Å²) in [5.41, 5.74) is 3.34. The average Bonchev–Trinajstić information content (AvgIpc) is 2.40. The highest BCUT2D eigenvalue weighted by Crippen LogP contribution is 2.40. The van der Waals surface area contributed by atoms with E-state index in [9.17, 15) is 10.1 Å². The minimum absolute atomic E-state index is 0. The highest BCUT2D eigenvalue weighted by molar-refractivity contribution is 5.93. The molecule has 92 valence electrons. The number of rotatable bonds is 1. The quantitative estimate of drug-likeness (QED) is 0.286. The van der Waals surface area contributed by atoms with Gasteiger partial charge in [0.1, 0.15) is 7.05 Å². The van der Waals surface area contributed by atoms with Crippen molar-refractivity contribution in [2.75, 3.05) is 7.05 Å². The Morgan fingerprint density at radius 1 is 1.35 bits per heavy atom. The van der Waals surface area contributed by atoms with E-state index in [1.54, 1.807) is 12.1 Å². The fourth-order valence-electron chi connectivity index (χ4n) is 2.23. The zero-order valence-corrected chi connectivity index (χ0v) is 12.9. The van der Waals surface area contributed by atoms with E-state index in [4.69, 9.17) is 0 Å². The molecule has 0 amide bonds. The van der Waals surface area contributed by atoms with Crippen LogP contribution < -0.4 is 24.0 Å². The van der Waals surface area contributed by atoms with Gasteiger partial charge in [0, 0.05) is 30.7 Å². The molecular weight excluding hydrogens is 331 g/mol. The Bertz CT molecular complexity index is 521. The predicted octanol–water partition coefficient (Wildman–Crippen LogP) is -0.911. The molecule has 1 aromatic carbocycles. The second-order valence-corrected chi connectivity index (χ2v) is 4.73. The van der Waals surface area contributed by atoms with Gasteiger partial charge in [0.25, 0.3) is 5.69 Å². The minimum Gasteiger partial charge on any atom is -0.258 e. The Labute approximate surface area is 118 Å². The molecule has 1 heterocycles. The smallest absolute Gasteiger partial charge is 0.258 e. The third-order valence-electron chi connectivity index (χ3n) is 3.63. The molecule has 17 heavy (non-hydrogen) atoms. The minimum atomic E-state index is -0.343. The summed E-state index contributed by atoms with van der Waals surface area (Å²) in [5, 5.41) is 10.8. The number of nitro groups is 1. The van der Waals surface area contributed by atoms with Crippen LogP contribution in [0.3, 0.4) is 0 Å². The molecule has 1 aliphatic heterocycles. The Balaban J connectivity index is 0.00000144. The van der Waals surface area contributed by atoms with Crippen molar-refractivity contribution in [1.29, 1.82) is 0 Å². The van der Waals surface area contributed by atoms with Gasteiger partial charge in [-0.2, -0.15) is 0 Å². The van der Waals surface area contributed by atoms with Crippen LogP contribution in [0, 0.1) is 10.1 Å². The molecule has 1 aliphatic rings. The van der Waals surface area contributed by atoms with Crippen LogP contribution in [0.5, 0.6) is 0 Å². The van der Waals surface area contributed by atoms with E-state index in [0.717, 1.165) is 11.3 Å². The lowest BCUT2D eigenvalue weighted by Gasteiger charge is -2.14. The summed E-state index contributed by atoms with van der Waals surface area (Å²) < 4.78 is 2.10. The van der Waals surface area contributed by atoms with Gasteiger partial charge in [-0.1, -0.05) is 0 Å². The van der Waals surface area contributed by atoms with Gasteiger partial charge >= 0.3 is 0 Å². The lowest BCUT2D eigenvalue weighted by molar-refractivity contribution is -0.403. The number of hydrogen-bond donors (Lipinski definition) is 0. The van der Waals surface area contributed by atoms with Crippen molar-refractivity contribution in [2.45, 2.75) is 26.2 Å². The van der Waals surface area contributed by atoms with Gasteiger partial charge in [0.2, 0.25) is 29.7 Å². The fourth-order valence-corrected chi connectivity index (χ4v) is 2.23. The summed E-state index contributed by atoms with van der Waals surface area (Å²) >= 11 is 0. The first kappa shape index (κ1) is 14.1.